The fourth-order valence-corrected chi connectivity index (χ4v) is 2.55. The van der Waals surface area contributed by atoms with E-state index in [0.717, 1.165) is 32.1 Å². The van der Waals surface area contributed by atoms with Crippen molar-refractivity contribution in [3.8, 4) is 5.75 Å². The van der Waals surface area contributed by atoms with Crippen LogP contribution in [0.2, 0.25) is 0 Å². The Bertz CT molecular complexity index is 529. The van der Waals surface area contributed by atoms with Gasteiger partial charge in [-0.15, -0.1) is 0 Å². The highest BCUT2D eigenvalue weighted by Gasteiger charge is 2.42. The molecule has 0 radical (unpaired) electrons. The van der Waals surface area contributed by atoms with E-state index in [1.165, 1.54) is 6.07 Å². The van der Waals surface area contributed by atoms with Gasteiger partial charge in [0.2, 0.25) is 6.08 Å². The molecule has 0 spiro atoms. The van der Waals surface area contributed by atoms with Crippen molar-refractivity contribution in [3.05, 3.63) is 29.6 Å². The summed E-state index contributed by atoms with van der Waals surface area (Å²) in [7, 11) is 0. The largest absolute Gasteiger partial charge is 0.490 e. The van der Waals surface area contributed by atoms with E-state index in [9.17, 15) is 9.18 Å². The van der Waals surface area contributed by atoms with E-state index in [2.05, 4.69) is 4.99 Å². The van der Waals surface area contributed by atoms with Crippen molar-refractivity contribution in [2.24, 2.45) is 10.9 Å². The molecule has 0 saturated heterocycles. The Morgan fingerprint density at radius 2 is 2.21 bits per heavy atom. The molecule has 2 aliphatic rings. The molecular weight excluding hydrogens is 245 g/mol. The zero-order valence-corrected chi connectivity index (χ0v) is 10.7. The van der Waals surface area contributed by atoms with E-state index in [4.69, 9.17) is 4.74 Å². The molecule has 2 aliphatic carbocycles. The summed E-state index contributed by atoms with van der Waals surface area (Å²) in [4.78, 5) is 14.6. The fourth-order valence-electron chi connectivity index (χ4n) is 2.55. The van der Waals surface area contributed by atoms with Gasteiger partial charge in [0.15, 0.2) is 11.6 Å². The minimum Gasteiger partial charge on any atom is -0.490 e. The lowest BCUT2D eigenvalue weighted by atomic mass is 9.72. The standard InChI is InChI=1S/C15H16FNO2/c16-13-4-1-3-12(14(13)19-9-11-5-6-11)15(17-10-18)7-2-8-15/h1,3-4,11H,2,5-9H2. The molecule has 4 heteroatoms. The zero-order chi connectivity index (χ0) is 13.3. The zero-order valence-electron chi connectivity index (χ0n) is 10.7. The van der Waals surface area contributed by atoms with E-state index in [0.29, 0.717) is 18.1 Å². The highest BCUT2D eigenvalue weighted by Crippen LogP contribution is 2.48. The molecule has 0 heterocycles. The van der Waals surface area contributed by atoms with E-state index in [-0.39, 0.29) is 11.6 Å². The molecule has 0 N–H and O–H groups in total. The van der Waals surface area contributed by atoms with Crippen LogP contribution in [0.5, 0.6) is 5.75 Å². The van der Waals surface area contributed by atoms with Gasteiger partial charge in [-0.3, -0.25) is 0 Å². The minimum atomic E-state index is -0.608. The number of halogens is 1. The summed E-state index contributed by atoms with van der Waals surface area (Å²) < 4.78 is 19.6. The maximum absolute atomic E-state index is 14.0. The van der Waals surface area contributed by atoms with Crippen LogP contribution in [-0.4, -0.2) is 12.7 Å². The summed E-state index contributed by atoms with van der Waals surface area (Å²) in [6, 6.07) is 4.85. The highest BCUT2D eigenvalue weighted by molar-refractivity contribution is 5.46. The van der Waals surface area contributed by atoms with Gasteiger partial charge in [0, 0.05) is 5.56 Å². The normalized spacial score (nSPS) is 20.3. The lowest BCUT2D eigenvalue weighted by Gasteiger charge is -2.38. The Balaban J connectivity index is 1.94. The Kier molecular flexibility index (Phi) is 3.11. The van der Waals surface area contributed by atoms with Gasteiger partial charge in [-0.05, 0) is 44.1 Å². The number of hydrogen-bond donors (Lipinski definition) is 0. The molecule has 0 unspecified atom stereocenters. The van der Waals surface area contributed by atoms with Crippen molar-refractivity contribution in [1.82, 2.24) is 0 Å². The van der Waals surface area contributed by atoms with Crippen molar-refractivity contribution >= 4 is 6.08 Å². The van der Waals surface area contributed by atoms with Crippen LogP contribution in [0.15, 0.2) is 23.2 Å². The third kappa shape index (κ3) is 2.28. The van der Waals surface area contributed by atoms with Gasteiger partial charge < -0.3 is 4.74 Å². The monoisotopic (exact) mass is 261 g/mol. The number of carbonyl (C=O) groups excluding carboxylic acids is 1. The van der Waals surface area contributed by atoms with E-state index in [1.54, 1.807) is 12.1 Å². The second-order valence-electron chi connectivity index (χ2n) is 5.46. The van der Waals surface area contributed by atoms with Crippen LogP contribution in [0.1, 0.15) is 37.7 Å². The van der Waals surface area contributed by atoms with E-state index < -0.39 is 5.54 Å². The molecule has 0 atom stereocenters. The van der Waals surface area contributed by atoms with E-state index in [1.807, 2.05) is 6.07 Å². The molecule has 1 aromatic carbocycles. The number of rotatable bonds is 5. The van der Waals surface area contributed by atoms with Gasteiger partial charge in [-0.2, -0.15) is 4.99 Å². The number of nitrogens with zero attached hydrogens (tertiary/aromatic N) is 1. The van der Waals surface area contributed by atoms with Crippen LogP contribution in [0.4, 0.5) is 4.39 Å². The third-order valence-electron chi connectivity index (χ3n) is 4.07. The number of hydrogen-bond acceptors (Lipinski definition) is 3. The Morgan fingerprint density at radius 1 is 1.42 bits per heavy atom. The maximum Gasteiger partial charge on any atom is 0.235 e. The number of ether oxygens (including phenoxy) is 1. The summed E-state index contributed by atoms with van der Waals surface area (Å²) in [6.07, 6.45) is 6.44. The quantitative estimate of drug-likeness (QED) is 0.602. The first-order chi connectivity index (χ1) is 9.25. The molecule has 0 aromatic heterocycles. The summed E-state index contributed by atoms with van der Waals surface area (Å²) in [5, 5.41) is 0. The predicted octanol–water partition coefficient (Wildman–Crippen LogP) is 3.33. The minimum absolute atomic E-state index is 0.271. The number of para-hydroxylation sites is 1. The predicted molar refractivity (Wildman–Crippen MR) is 68.3 cm³/mol. The SMILES string of the molecule is O=C=NC1(c2cccc(F)c2OCC2CC2)CCC1. The number of benzene rings is 1. The average Bonchev–Trinajstić information content (AvgIpc) is 3.16. The van der Waals surface area contributed by atoms with Crippen molar-refractivity contribution in [1.29, 1.82) is 0 Å². The highest BCUT2D eigenvalue weighted by atomic mass is 19.1. The van der Waals surface area contributed by atoms with Crippen LogP contribution < -0.4 is 4.74 Å². The second-order valence-corrected chi connectivity index (χ2v) is 5.46. The number of aliphatic imine (C=N–C) groups is 1. The molecule has 0 amide bonds. The first-order valence-electron chi connectivity index (χ1n) is 6.76. The number of isocyanates is 1. The molecule has 2 fully saturated rings. The van der Waals surface area contributed by atoms with Crippen molar-refractivity contribution in [2.75, 3.05) is 6.61 Å². The lowest BCUT2D eigenvalue weighted by Crippen LogP contribution is -2.32. The molecule has 3 rings (SSSR count). The van der Waals surface area contributed by atoms with Crippen LogP contribution >= 0.6 is 0 Å². The van der Waals surface area contributed by atoms with Crippen molar-refractivity contribution < 1.29 is 13.9 Å². The van der Waals surface area contributed by atoms with Crippen LogP contribution in [0, 0.1) is 11.7 Å². The van der Waals surface area contributed by atoms with E-state index >= 15 is 0 Å². The maximum atomic E-state index is 14.0. The molecule has 19 heavy (non-hydrogen) atoms. The van der Waals surface area contributed by atoms with Gasteiger partial charge in [0.1, 0.15) is 5.54 Å². The molecular formula is C15H16FNO2. The Morgan fingerprint density at radius 3 is 2.79 bits per heavy atom. The fraction of sp³-hybridized carbons (Fsp3) is 0.533. The summed E-state index contributed by atoms with van der Waals surface area (Å²) >= 11 is 0. The lowest BCUT2D eigenvalue weighted by molar-refractivity contribution is 0.228. The van der Waals surface area contributed by atoms with Gasteiger partial charge in [0.05, 0.1) is 6.61 Å². The molecule has 2 saturated carbocycles. The summed E-state index contributed by atoms with van der Waals surface area (Å²) in [6.45, 7) is 0.550. The molecule has 1 aromatic rings. The average molecular weight is 261 g/mol. The molecule has 0 aliphatic heterocycles. The first-order valence-corrected chi connectivity index (χ1v) is 6.76. The van der Waals surface area contributed by atoms with Gasteiger partial charge in [0.25, 0.3) is 0 Å². The van der Waals surface area contributed by atoms with Crippen molar-refractivity contribution in [3.63, 3.8) is 0 Å². The van der Waals surface area contributed by atoms with Crippen LogP contribution in [0.25, 0.3) is 0 Å². The third-order valence-corrected chi connectivity index (χ3v) is 4.07. The smallest absolute Gasteiger partial charge is 0.235 e. The van der Waals surface area contributed by atoms with Crippen molar-refractivity contribution in [2.45, 2.75) is 37.6 Å². The van der Waals surface area contributed by atoms with Gasteiger partial charge >= 0.3 is 0 Å². The first kappa shape index (κ1) is 12.4. The topological polar surface area (TPSA) is 38.7 Å². The second kappa shape index (κ2) is 4.78. The Hall–Kier alpha value is -1.67. The van der Waals surface area contributed by atoms with Gasteiger partial charge in [-0.1, -0.05) is 12.1 Å². The summed E-state index contributed by atoms with van der Waals surface area (Å²) in [5.74, 6) is 0.456. The Labute approximate surface area is 111 Å². The molecule has 100 valence electrons. The summed E-state index contributed by atoms with van der Waals surface area (Å²) in [5.41, 5.74) is 0.0886. The van der Waals surface area contributed by atoms with Gasteiger partial charge in [-0.25, -0.2) is 9.18 Å². The molecule has 3 nitrogen and oxygen atoms in total. The van der Waals surface area contributed by atoms with Crippen LogP contribution in [0.3, 0.4) is 0 Å². The van der Waals surface area contributed by atoms with Crippen LogP contribution in [-0.2, 0) is 10.3 Å². The molecule has 0 bridgehead atoms.